The Morgan fingerprint density at radius 2 is 2.10 bits per heavy atom. The Morgan fingerprint density at radius 3 is 2.62 bits per heavy atom. The number of carbonyl (C=O) groups is 1. The van der Waals surface area contributed by atoms with Crippen LogP contribution in [0, 0.1) is 0 Å². The van der Waals surface area contributed by atoms with Crippen molar-refractivity contribution in [2.45, 2.75) is 37.5 Å². The molecule has 0 fully saturated rings. The zero-order valence-corrected chi connectivity index (χ0v) is 13.4. The average Bonchev–Trinajstić information content (AvgIpc) is 2.45. The summed E-state index contributed by atoms with van der Waals surface area (Å²) < 4.78 is 28.5. The molecule has 0 heterocycles. The van der Waals surface area contributed by atoms with Gasteiger partial charge >= 0.3 is 0 Å². The Bertz CT molecular complexity index is 599. The molecule has 7 heteroatoms. The predicted octanol–water partition coefficient (Wildman–Crippen LogP) is 1.36. The van der Waals surface area contributed by atoms with Gasteiger partial charge in [0.15, 0.2) is 0 Å². The lowest BCUT2D eigenvalue weighted by Crippen LogP contribution is -2.20. The maximum absolute atomic E-state index is 11.4. The lowest BCUT2D eigenvalue weighted by Gasteiger charge is -2.16. The molecule has 0 saturated carbocycles. The smallest absolute Gasteiger partial charge is 0.238 e. The molecule has 0 radical (unpaired) electrons. The van der Waals surface area contributed by atoms with Crippen molar-refractivity contribution in [2.24, 2.45) is 5.14 Å². The summed E-state index contributed by atoms with van der Waals surface area (Å²) in [5, 5.41) is 7.67. The van der Waals surface area contributed by atoms with E-state index in [0.29, 0.717) is 5.75 Å². The van der Waals surface area contributed by atoms with Gasteiger partial charge in [-0.15, -0.1) is 0 Å². The Kier molecular flexibility index (Phi) is 6.17. The number of hydrogen-bond acceptors (Lipinski definition) is 4. The quantitative estimate of drug-likeness (QED) is 0.794. The number of nitrogens with two attached hydrogens (primary N) is 1. The van der Waals surface area contributed by atoms with Crippen molar-refractivity contribution < 1.29 is 17.9 Å². The molecular formula is C14H22N2O4S. The summed E-state index contributed by atoms with van der Waals surface area (Å²) in [4.78, 5) is 11.2. The number of amides is 1. The number of primary sulfonamides is 1. The average molecular weight is 314 g/mol. The maximum Gasteiger partial charge on any atom is 0.238 e. The maximum atomic E-state index is 11.4. The molecule has 0 spiro atoms. The molecule has 0 aliphatic heterocycles. The van der Waals surface area contributed by atoms with Crippen molar-refractivity contribution in [3.63, 3.8) is 0 Å². The van der Waals surface area contributed by atoms with E-state index >= 15 is 0 Å². The minimum atomic E-state index is -3.74. The van der Waals surface area contributed by atoms with Crippen LogP contribution in [0.25, 0.3) is 0 Å². The monoisotopic (exact) mass is 314 g/mol. The molecule has 1 amide bonds. The summed E-state index contributed by atoms with van der Waals surface area (Å²) in [7, 11) is -2.18. The lowest BCUT2D eigenvalue weighted by atomic mass is 9.98. The second kappa shape index (κ2) is 7.42. The molecular weight excluding hydrogens is 292 g/mol. The van der Waals surface area contributed by atoms with Crippen LogP contribution in [0.15, 0.2) is 23.1 Å². The summed E-state index contributed by atoms with van der Waals surface area (Å²) in [6.07, 6.45) is 1.08. The number of sulfonamides is 1. The van der Waals surface area contributed by atoms with Gasteiger partial charge < -0.3 is 10.1 Å². The number of carbonyl (C=O) groups excluding carboxylic acids is 1. The van der Waals surface area contributed by atoms with E-state index in [0.717, 1.165) is 12.0 Å². The number of ether oxygens (including phenoxy) is 1. The van der Waals surface area contributed by atoms with E-state index in [9.17, 15) is 13.2 Å². The van der Waals surface area contributed by atoms with Gasteiger partial charge in [-0.1, -0.05) is 13.8 Å². The first-order valence-corrected chi connectivity index (χ1v) is 8.34. The lowest BCUT2D eigenvalue weighted by molar-refractivity contribution is -0.121. The van der Waals surface area contributed by atoms with Crippen LogP contribution in [-0.2, 0) is 14.8 Å². The van der Waals surface area contributed by atoms with Crippen molar-refractivity contribution >= 4 is 15.9 Å². The fourth-order valence-electron chi connectivity index (χ4n) is 1.82. The van der Waals surface area contributed by atoms with E-state index < -0.39 is 10.0 Å². The molecule has 1 atom stereocenters. The molecule has 0 aliphatic rings. The van der Waals surface area contributed by atoms with E-state index in [4.69, 9.17) is 9.88 Å². The third-order valence-corrected chi connectivity index (χ3v) is 4.23. The second-order valence-electron chi connectivity index (χ2n) is 4.83. The standard InChI is InChI=1S/C14H22N2O4S/c1-4-10(2)12-9-11(21(15,18)19)5-6-13(12)20-8-7-14(17)16-3/h5-6,9-10H,4,7-8H2,1-3H3,(H,16,17)(H2,15,18,19). The SMILES string of the molecule is CCC(C)c1cc(S(N)(=O)=O)ccc1OCCC(=O)NC. The normalized spacial score (nSPS) is 12.8. The summed E-state index contributed by atoms with van der Waals surface area (Å²) in [5.74, 6) is 0.601. The zero-order valence-electron chi connectivity index (χ0n) is 12.5. The highest BCUT2D eigenvalue weighted by atomic mass is 32.2. The molecule has 0 aliphatic carbocycles. The Balaban J connectivity index is 3.00. The third kappa shape index (κ3) is 5.02. The zero-order chi connectivity index (χ0) is 16.0. The molecule has 3 N–H and O–H groups in total. The number of hydrogen-bond donors (Lipinski definition) is 2. The third-order valence-electron chi connectivity index (χ3n) is 3.32. The van der Waals surface area contributed by atoms with Gasteiger partial charge in [-0.3, -0.25) is 4.79 Å². The van der Waals surface area contributed by atoms with Crippen LogP contribution >= 0.6 is 0 Å². The number of benzene rings is 1. The van der Waals surface area contributed by atoms with Gasteiger partial charge in [0.05, 0.1) is 17.9 Å². The largest absolute Gasteiger partial charge is 0.493 e. The molecule has 21 heavy (non-hydrogen) atoms. The van der Waals surface area contributed by atoms with Crippen molar-refractivity contribution in [3.8, 4) is 5.75 Å². The van der Waals surface area contributed by atoms with Crippen molar-refractivity contribution in [2.75, 3.05) is 13.7 Å². The molecule has 6 nitrogen and oxygen atoms in total. The molecule has 0 bridgehead atoms. The molecule has 1 aromatic rings. The van der Waals surface area contributed by atoms with E-state index in [2.05, 4.69) is 5.32 Å². The topological polar surface area (TPSA) is 98.5 Å². The molecule has 1 unspecified atom stereocenters. The van der Waals surface area contributed by atoms with E-state index in [-0.39, 0.29) is 29.7 Å². The van der Waals surface area contributed by atoms with Gasteiger partial charge in [0.25, 0.3) is 0 Å². The van der Waals surface area contributed by atoms with Gasteiger partial charge in [0.1, 0.15) is 5.75 Å². The van der Waals surface area contributed by atoms with Crippen LogP contribution in [0.2, 0.25) is 0 Å². The van der Waals surface area contributed by atoms with Crippen LogP contribution in [0.1, 0.15) is 38.2 Å². The predicted molar refractivity (Wildman–Crippen MR) is 80.7 cm³/mol. The Hall–Kier alpha value is -1.60. The molecule has 1 aromatic carbocycles. The summed E-state index contributed by atoms with van der Waals surface area (Å²) in [6, 6.07) is 4.54. The van der Waals surface area contributed by atoms with Crippen molar-refractivity contribution in [3.05, 3.63) is 23.8 Å². The van der Waals surface area contributed by atoms with Crippen LogP contribution in [0.5, 0.6) is 5.75 Å². The van der Waals surface area contributed by atoms with E-state index in [1.807, 2.05) is 13.8 Å². The van der Waals surface area contributed by atoms with Crippen molar-refractivity contribution in [1.82, 2.24) is 5.32 Å². The van der Waals surface area contributed by atoms with Gasteiger partial charge in [0, 0.05) is 7.05 Å². The van der Waals surface area contributed by atoms with Crippen LogP contribution in [0.4, 0.5) is 0 Å². The van der Waals surface area contributed by atoms with Gasteiger partial charge in [-0.2, -0.15) is 0 Å². The highest BCUT2D eigenvalue weighted by Gasteiger charge is 2.16. The first-order chi connectivity index (χ1) is 9.79. The molecule has 0 aromatic heterocycles. The second-order valence-corrected chi connectivity index (χ2v) is 6.39. The fourth-order valence-corrected chi connectivity index (χ4v) is 2.37. The molecule has 0 saturated heterocycles. The first kappa shape index (κ1) is 17.5. The van der Waals surface area contributed by atoms with Crippen molar-refractivity contribution in [1.29, 1.82) is 0 Å². The van der Waals surface area contributed by atoms with Gasteiger partial charge in [-0.05, 0) is 36.1 Å². The highest BCUT2D eigenvalue weighted by molar-refractivity contribution is 7.89. The minimum Gasteiger partial charge on any atom is -0.493 e. The summed E-state index contributed by atoms with van der Waals surface area (Å²) >= 11 is 0. The van der Waals surface area contributed by atoms with E-state index in [1.54, 1.807) is 19.2 Å². The molecule has 118 valence electrons. The van der Waals surface area contributed by atoms with Crippen LogP contribution in [0.3, 0.4) is 0 Å². The minimum absolute atomic E-state index is 0.0662. The van der Waals surface area contributed by atoms with Crippen LogP contribution in [-0.4, -0.2) is 28.0 Å². The number of nitrogens with one attached hydrogen (secondary N) is 1. The Morgan fingerprint density at radius 1 is 1.43 bits per heavy atom. The summed E-state index contributed by atoms with van der Waals surface area (Å²) in [5.41, 5.74) is 0.779. The van der Waals surface area contributed by atoms with Gasteiger partial charge in [0.2, 0.25) is 15.9 Å². The van der Waals surface area contributed by atoms with Crippen LogP contribution < -0.4 is 15.2 Å². The highest BCUT2D eigenvalue weighted by Crippen LogP contribution is 2.31. The first-order valence-electron chi connectivity index (χ1n) is 6.79. The Labute approximate surface area is 125 Å². The van der Waals surface area contributed by atoms with Gasteiger partial charge in [-0.25, -0.2) is 13.6 Å². The van der Waals surface area contributed by atoms with E-state index in [1.165, 1.54) is 6.07 Å². The number of rotatable bonds is 7. The molecule has 1 rings (SSSR count). The fraction of sp³-hybridized carbons (Fsp3) is 0.500. The summed E-state index contributed by atoms with van der Waals surface area (Å²) in [6.45, 7) is 4.22.